The molecule has 0 aliphatic carbocycles. The lowest BCUT2D eigenvalue weighted by molar-refractivity contribution is -0.0649. The third kappa shape index (κ3) is 2.56. The van der Waals surface area contributed by atoms with Crippen LogP contribution in [-0.2, 0) is 6.42 Å². The molecule has 0 radical (unpaired) electrons. The van der Waals surface area contributed by atoms with Gasteiger partial charge >= 0.3 is 0 Å². The molecule has 5 nitrogen and oxygen atoms in total. The fraction of sp³-hybridized carbons (Fsp3) is 0.375. The van der Waals surface area contributed by atoms with Crippen molar-refractivity contribution in [1.82, 2.24) is 9.55 Å². The normalized spacial score (nSPS) is 19.5. The zero-order chi connectivity index (χ0) is 16.8. The molecule has 2 aromatic rings. The Bertz CT molecular complexity index is 739. The summed E-state index contributed by atoms with van der Waals surface area (Å²) in [6.07, 6.45) is 2.39. The highest BCUT2D eigenvalue weighted by Crippen LogP contribution is 2.38. The standard InChI is InChI=1S/C16H18F2N4O/c1-3-11-4-6-12(7-5-11)21-8-13(14(19)23)20-15(21)22-9-16(17,18)10(22)2/h4-8,10H,3,9H2,1-2H3,(H2,19,23)/t10-/m1/s1. The Balaban J connectivity index is 2.03. The van der Waals surface area contributed by atoms with Crippen LogP contribution in [0.15, 0.2) is 30.5 Å². The minimum Gasteiger partial charge on any atom is -0.364 e. The molecule has 1 aromatic carbocycles. The molecule has 1 saturated heterocycles. The van der Waals surface area contributed by atoms with E-state index in [1.165, 1.54) is 18.0 Å². The molecule has 3 rings (SSSR count). The summed E-state index contributed by atoms with van der Waals surface area (Å²) in [5, 5.41) is 0. The molecule has 1 atom stereocenters. The Kier molecular flexibility index (Phi) is 3.58. The fourth-order valence-electron chi connectivity index (χ4n) is 2.63. The van der Waals surface area contributed by atoms with Crippen LogP contribution in [-0.4, -0.2) is 34.0 Å². The molecule has 1 amide bonds. The summed E-state index contributed by atoms with van der Waals surface area (Å²) in [7, 11) is 0. The number of carbonyl (C=O) groups is 1. The number of hydrogen-bond acceptors (Lipinski definition) is 3. The summed E-state index contributed by atoms with van der Waals surface area (Å²) in [6, 6.07) is 6.68. The number of nitrogens with zero attached hydrogens (tertiary/aromatic N) is 3. The van der Waals surface area contributed by atoms with Gasteiger partial charge in [0.25, 0.3) is 11.8 Å². The second-order valence-electron chi connectivity index (χ2n) is 5.75. The molecule has 1 aliphatic rings. The van der Waals surface area contributed by atoms with E-state index >= 15 is 0 Å². The molecule has 0 spiro atoms. The average Bonchev–Trinajstić information content (AvgIpc) is 2.97. The molecule has 1 aliphatic heterocycles. The summed E-state index contributed by atoms with van der Waals surface area (Å²) >= 11 is 0. The highest BCUT2D eigenvalue weighted by Gasteiger charge is 2.53. The van der Waals surface area contributed by atoms with Gasteiger partial charge in [-0.1, -0.05) is 19.1 Å². The Hall–Kier alpha value is -2.44. The molecule has 0 bridgehead atoms. The SMILES string of the molecule is CCc1ccc(-n2cc(C(N)=O)nc2N2CC(F)(F)[C@H]2C)cc1. The summed E-state index contributed by atoms with van der Waals surface area (Å²) in [4.78, 5) is 17.0. The van der Waals surface area contributed by atoms with E-state index in [1.54, 1.807) is 4.57 Å². The number of aryl methyl sites for hydroxylation is 1. The molecule has 2 heterocycles. The maximum atomic E-state index is 13.5. The predicted octanol–water partition coefficient (Wildman–Crippen LogP) is 2.38. The van der Waals surface area contributed by atoms with Gasteiger partial charge in [-0.05, 0) is 31.0 Å². The van der Waals surface area contributed by atoms with Gasteiger partial charge in [0.05, 0.1) is 12.6 Å². The molecule has 1 aromatic heterocycles. The molecule has 23 heavy (non-hydrogen) atoms. The third-order valence-corrected chi connectivity index (χ3v) is 4.28. The zero-order valence-electron chi connectivity index (χ0n) is 13.0. The predicted molar refractivity (Wildman–Crippen MR) is 83.2 cm³/mol. The van der Waals surface area contributed by atoms with Gasteiger partial charge in [0.1, 0.15) is 5.69 Å². The van der Waals surface area contributed by atoms with E-state index in [1.807, 2.05) is 31.2 Å². The van der Waals surface area contributed by atoms with Gasteiger partial charge in [-0.2, -0.15) is 0 Å². The first-order chi connectivity index (χ1) is 10.8. The van der Waals surface area contributed by atoms with Gasteiger partial charge in [-0.3, -0.25) is 9.36 Å². The Labute approximate surface area is 132 Å². The van der Waals surface area contributed by atoms with E-state index in [2.05, 4.69) is 4.98 Å². The Morgan fingerprint density at radius 2 is 2.04 bits per heavy atom. The Morgan fingerprint density at radius 1 is 1.39 bits per heavy atom. The van der Waals surface area contributed by atoms with E-state index in [9.17, 15) is 13.6 Å². The number of benzene rings is 1. The van der Waals surface area contributed by atoms with Crippen LogP contribution in [0.3, 0.4) is 0 Å². The summed E-state index contributed by atoms with van der Waals surface area (Å²) in [6.45, 7) is 3.07. The number of primary amides is 1. The van der Waals surface area contributed by atoms with Crippen molar-refractivity contribution in [2.75, 3.05) is 11.4 Å². The molecular weight excluding hydrogens is 302 g/mol. The maximum absolute atomic E-state index is 13.5. The number of alkyl halides is 2. The maximum Gasteiger partial charge on any atom is 0.284 e. The van der Waals surface area contributed by atoms with Crippen LogP contribution in [0.25, 0.3) is 5.69 Å². The van der Waals surface area contributed by atoms with Crippen molar-refractivity contribution in [2.24, 2.45) is 5.73 Å². The van der Waals surface area contributed by atoms with E-state index in [0.29, 0.717) is 5.95 Å². The lowest BCUT2D eigenvalue weighted by Gasteiger charge is -2.46. The molecule has 7 heteroatoms. The zero-order valence-corrected chi connectivity index (χ0v) is 13.0. The van der Waals surface area contributed by atoms with Gasteiger partial charge in [0.15, 0.2) is 0 Å². The number of carbonyl (C=O) groups excluding carboxylic acids is 1. The first-order valence-electron chi connectivity index (χ1n) is 7.46. The lowest BCUT2D eigenvalue weighted by Crippen LogP contribution is -2.64. The van der Waals surface area contributed by atoms with Crippen molar-refractivity contribution in [1.29, 1.82) is 0 Å². The lowest BCUT2D eigenvalue weighted by atomic mass is 10.0. The second-order valence-corrected chi connectivity index (χ2v) is 5.75. The molecule has 122 valence electrons. The summed E-state index contributed by atoms with van der Waals surface area (Å²) in [5.74, 6) is -3.13. The highest BCUT2D eigenvalue weighted by molar-refractivity contribution is 5.91. The number of aromatic nitrogens is 2. The first-order valence-corrected chi connectivity index (χ1v) is 7.46. The largest absolute Gasteiger partial charge is 0.364 e. The molecular formula is C16H18F2N4O. The van der Waals surface area contributed by atoms with Crippen LogP contribution in [0.2, 0.25) is 0 Å². The minimum atomic E-state index is -2.75. The number of amides is 1. The van der Waals surface area contributed by atoms with Gasteiger partial charge in [-0.15, -0.1) is 0 Å². The van der Waals surface area contributed by atoms with Crippen molar-refractivity contribution in [3.63, 3.8) is 0 Å². The second kappa shape index (κ2) is 5.33. The van der Waals surface area contributed by atoms with E-state index in [0.717, 1.165) is 17.7 Å². The molecule has 1 fully saturated rings. The van der Waals surface area contributed by atoms with Gasteiger partial charge in [-0.25, -0.2) is 13.8 Å². The van der Waals surface area contributed by atoms with Crippen LogP contribution in [0, 0.1) is 0 Å². The van der Waals surface area contributed by atoms with Gasteiger partial charge in [0.2, 0.25) is 5.95 Å². The fourth-order valence-corrected chi connectivity index (χ4v) is 2.63. The number of hydrogen-bond donors (Lipinski definition) is 1. The average molecular weight is 320 g/mol. The quantitative estimate of drug-likeness (QED) is 0.941. The minimum absolute atomic E-state index is 0.0574. The summed E-state index contributed by atoms with van der Waals surface area (Å²) < 4.78 is 28.6. The Morgan fingerprint density at radius 3 is 2.52 bits per heavy atom. The highest BCUT2D eigenvalue weighted by atomic mass is 19.3. The van der Waals surface area contributed by atoms with Crippen LogP contribution < -0.4 is 10.6 Å². The summed E-state index contributed by atoms with van der Waals surface area (Å²) in [5.41, 5.74) is 7.25. The van der Waals surface area contributed by atoms with Crippen LogP contribution in [0.5, 0.6) is 0 Å². The van der Waals surface area contributed by atoms with E-state index in [4.69, 9.17) is 5.73 Å². The van der Waals surface area contributed by atoms with Crippen molar-refractivity contribution < 1.29 is 13.6 Å². The number of nitrogens with two attached hydrogens (primary N) is 1. The van der Waals surface area contributed by atoms with Crippen molar-refractivity contribution in [2.45, 2.75) is 32.2 Å². The molecule has 0 saturated carbocycles. The van der Waals surface area contributed by atoms with Crippen molar-refractivity contribution in [3.8, 4) is 5.69 Å². The topological polar surface area (TPSA) is 64.1 Å². The van der Waals surface area contributed by atoms with Crippen molar-refractivity contribution in [3.05, 3.63) is 41.7 Å². The number of anilines is 1. The number of halogens is 2. The van der Waals surface area contributed by atoms with Crippen LogP contribution in [0.4, 0.5) is 14.7 Å². The van der Waals surface area contributed by atoms with Crippen LogP contribution >= 0.6 is 0 Å². The monoisotopic (exact) mass is 320 g/mol. The molecule has 0 unspecified atom stereocenters. The third-order valence-electron chi connectivity index (χ3n) is 4.28. The smallest absolute Gasteiger partial charge is 0.284 e. The van der Waals surface area contributed by atoms with Crippen molar-refractivity contribution >= 4 is 11.9 Å². The van der Waals surface area contributed by atoms with E-state index in [-0.39, 0.29) is 5.69 Å². The first kappa shape index (κ1) is 15.5. The van der Waals surface area contributed by atoms with Crippen LogP contribution in [0.1, 0.15) is 29.9 Å². The number of rotatable bonds is 4. The van der Waals surface area contributed by atoms with Gasteiger partial charge < -0.3 is 10.6 Å². The molecule has 2 N–H and O–H groups in total. The van der Waals surface area contributed by atoms with Gasteiger partial charge in [0, 0.05) is 11.9 Å². The van der Waals surface area contributed by atoms with E-state index < -0.39 is 24.4 Å². The number of imidazole rings is 1.